The molecular weight excluding hydrogens is 126 g/mol. The van der Waals surface area contributed by atoms with Gasteiger partial charge in [0.25, 0.3) is 0 Å². The summed E-state index contributed by atoms with van der Waals surface area (Å²) in [6, 6.07) is 0. The fourth-order valence-electron chi connectivity index (χ4n) is 0.804. The summed E-state index contributed by atoms with van der Waals surface area (Å²) in [5, 5.41) is 7.57. The molecule has 1 heterocycles. The van der Waals surface area contributed by atoms with Crippen LogP contribution in [0.3, 0.4) is 0 Å². The molecule has 3 nitrogen and oxygen atoms in total. The molecule has 0 aromatic heterocycles. The molecule has 0 fully saturated rings. The average Bonchev–Trinajstić information content (AvgIpc) is 1.90. The van der Waals surface area contributed by atoms with Crippen LogP contribution in [0, 0.1) is 0 Å². The molecule has 0 aromatic carbocycles. The van der Waals surface area contributed by atoms with Crippen molar-refractivity contribution in [1.29, 1.82) is 0 Å². The molecule has 0 amide bonds. The Morgan fingerprint density at radius 2 is 2.00 bits per heavy atom. The predicted octanol–water partition coefficient (Wildman–Crippen LogP) is 1.30. The Kier molecular flexibility index (Phi) is 1.66. The SMILES string of the molecule is CC1=NC(C)(C)C=NN=C1. The van der Waals surface area contributed by atoms with E-state index in [-0.39, 0.29) is 5.54 Å². The van der Waals surface area contributed by atoms with Gasteiger partial charge in [-0.2, -0.15) is 10.2 Å². The lowest BCUT2D eigenvalue weighted by atomic mass is 10.1. The van der Waals surface area contributed by atoms with Crippen LogP contribution in [-0.2, 0) is 0 Å². The first-order valence-electron chi connectivity index (χ1n) is 3.24. The molecule has 0 atom stereocenters. The molecule has 0 saturated carbocycles. The molecule has 0 unspecified atom stereocenters. The fourth-order valence-corrected chi connectivity index (χ4v) is 0.804. The predicted molar refractivity (Wildman–Crippen MR) is 44.2 cm³/mol. The van der Waals surface area contributed by atoms with Crippen molar-refractivity contribution in [1.82, 2.24) is 0 Å². The minimum atomic E-state index is -0.194. The smallest absolute Gasteiger partial charge is 0.0923 e. The van der Waals surface area contributed by atoms with Gasteiger partial charge in [0.15, 0.2) is 0 Å². The summed E-state index contributed by atoms with van der Waals surface area (Å²) in [6.45, 7) is 5.91. The molecule has 0 bridgehead atoms. The van der Waals surface area contributed by atoms with Gasteiger partial charge >= 0.3 is 0 Å². The lowest BCUT2D eigenvalue weighted by molar-refractivity contribution is 0.718. The van der Waals surface area contributed by atoms with Crippen LogP contribution in [0.1, 0.15) is 20.8 Å². The van der Waals surface area contributed by atoms with E-state index in [9.17, 15) is 0 Å². The Morgan fingerprint density at radius 3 is 2.70 bits per heavy atom. The molecule has 0 saturated heterocycles. The minimum absolute atomic E-state index is 0.194. The zero-order chi connectivity index (χ0) is 7.61. The van der Waals surface area contributed by atoms with E-state index in [4.69, 9.17) is 0 Å². The summed E-state index contributed by atoms with van der Waals surface area (Å²) >= 11 is 0. The third-order valence-corrected chi connectivity index (χ3v) is 1.15. The van der Waals surface area contributed by atoms with Crippen molar-refractivity contribution in [3.8, 4) is 0 Å². The molecule has 1 aliphatic rings. The zero-order valence-electron chi connectivity index (χ0n) is 6.50. The first kappa shape index (κ1) is 7.12. The highest BCUT2D eigenvalue weighted by Gasteiger charge is 2.13. The van der Waals surface area contributed by atoms with Crippen molar-refractivity contribution in [2.45, 2.75) is 26.3 Å². The van der Waals surface area contributed by atoms with Gasteiger partial charge in [0, 0.05) is 0 Å². The Morgan fingerprint density at radius 1 is 1.30 bits per heavy atom. The van der Waals surface area contributed by atoms with Gasteiger partial charge < -0.3 is 0 Å². The molecule has 1 aliphatic heterocycles. The molecular formula is C7H11N3. The molecule has 0 N–H and O–H groups in total. The van der Waals surface area contributed by atoms with Crippen LogP contribution >= 0.6 is 0 Å². The largest absolute Gasteiger partial charge is 0.277 e. The van der Waals surface area contributed by atoms with Crippen molar-refractivity contribution in [2.24, 2.45) is 15.2 Å². The molecule has 0 aliphatic carbocycles. The topological polar surface area (TPSA) is 37.1 Å². The van der Waals surface area contributed by atoms with Gasteiger partial charge in [0.2, 0.25) is 0 Å². The Bertz CT molecular complexity index is 211. The van der Waals surface area contributed by atoms with E-state index in [1.54, 1.807) is 12.4 Å². The maximum absolute atomic E-state index is 4.33. The van der Waals surface area contributed by atoms with Gasteiger partial charge in [-0.05, 0) is 20.8 Å². The van der Waals surface area contributed by atoms with Crippen molar-refractivity contribution < 1.29 is 0 Å². The molecule has 1 rings (SSSR count). The number of hydrogen-bond donors (Lipinski definition) is 0. The van der Waals surface area contributed by atoms with E-state index in [1.807, 2.05) is 20.8 Å². The molecule has 3 heteroatoms. The number of nitrogens with zero attached hydrogens (tertiary/aromatic N) is 3. The van der Waals surface area contributed by atoms with E-state index in [2.05, 4.69) is 15.2 Å². The Hall–Kier alpha value is -0.990. The second-order valence-electron chi connectivity index (χ2n) is 2.90. The average molecular weight is 137 g/mol. The maximum atomic E-state index is 4.33. The molecule has 10 heavy (non-hydrogen) atoms. The maximum Gasteiger partial charge on any atom is 0.0923 e. The van der Waals surface area contributed by atoms with E-state index >= 15 is 0 Å². The first-order chi connectivity index (χ1) is 4.60. The summed E-state index contributed by atoms with van der Waals surface area (Å²) in [5.41, 5.74) is 0.725. The lowest BCUT2D eigenvalue weighted by Crippen LogP contribution is -2.19. The van der Waals surface area contributed by atoms with Gasteiger partial charge in [0.05, 0.1) is 23.7 Å². The molecule has 0 aromatic rings. The van der Waals surface area contributed by atoms with Crippen molar-refractivity contribution >= 4 is 18.1 Å². The van der Waals surface area contributed by atoms with E-state index in [0.717, 1.165) is 5.71 Å². The molecule has 0 radical (unpaired) electrons. The first-order valence-corrected chi connectivity index (χ1v) is 3.24. The molecule has 54 valence electrons. The highest BCUT2D eigenvalue weighted by Crippen LogP contribution is 2.07. The normalized spacial score (nSPS) is 22.1. The summed E-state index contributed by atoms with van der Waals surface area (Å²) in [6.07, 6.45) is 3.39. The lowest BCUT2D eigenvalue weighted by Gasteiger charge is -2.10. The summed E-state index contributed by atoms with van der Waals surface area (Å²) < 4.78 is 0. The van der Waals surface area contributed by atoms with Gasteiger partial charge in [-0.3, -0.25) is 4.99 Å². The second-order valence-corrected chi connectivity index (χ2v) is 2.90. The van der Waals surface area contributed by atoms with Gasteiger partial charge in [-0.25, -0.2) is 0 Å². The van der Waals surface area contributed by atoms with Crippen LogP contribution in [0.4, 0.5) is 0 Å². The van der Waals surface area contributed by atoms with E-state index < -0.39 is 0 Å². The van der Waals surface area contributed by atoms with Crippen LogP contribution in [-0.4, -0.2) is 23.7 Å². The van der Waals surface area contributed by atoms with Gasteiger partial charge in [0.1, 0.15) is 0 Å². The van der Waals surface area contributed by atoms with Gasteiger partial charge in [-0.1, -0.05) is 0 Å². The number of hydrogen-bond acceptors (Lipinski definition) is 3. The monoisotopic (exact) mass is 137 g/mol. The molecule has 0 spiro atoms. The van der Waals surface area contributed by atoms with Crippen LogP contribution in [0.5, 0.6) is 0 Å². The standard InChI is InChI=1S/C7H11N3/c1-6-4-8-9-5-7(2,3)10-6/h4-5H,1-3H3. The summed E-state index contributed by atoms with van der Waals surface area (Å²) in [7, 11) is 0. The zero-order valence-corrected chi connectivity index (χ0v) is 6.50. The third-order valence-electron chi connectivity index (χ3n) is 1.15. The number of rotatable bonds is 0. The second kappa shape index (κ2) is 2.33. The minimum Gasteiger partial charge on any atom is -0.277 e. The van der Waals surface area contributed by atoms with Crippen molar-refractivity contribution in [2.75, 3.05) is 0 Å². The highest BCUT2D eigenvalue weighted by atomic mass is 15.2. The van der Waals surface area contributed by atoms with E-state index in [1.165, 1.54) is 0 Å². The quantitative estimate of drug-likeness (QED) is 0.482. The Balaban J connectivity index is 2.93. The van der Waals surface area contributed by atoms with Gasteiger partial charge in [-0.15, -0.1) is 0 Å². The van der Waals surface area contributed by atoms with Crippen LogP contribution in [0.25, 0.3) is 0 Å². The van der Waals surface area contributed by atoms with Crippen molar-refractivity contribution in [3.63, 3.8) is 0 Å². The van der Waals surface area contributed by atoms with E-state index in [0.29, 0.717) is 0 Å². The Labute approximate surface area is 60.6 Å². The number of aliphatic imine (C=N–C) groups is 1. The fraction of sp³-hybridized carbons (Fsp3) is 0.571. The van der Waals surface area contributed by atoms with Crippen LogP contribution < -0.4 is 0 Å². The summed E-state index contributed by atoms with van der Waals surface area (Å²) in [4.78, 5) is 4.33. The van der Waals surface area contributed by atoms with Crippen LogP contribution in [0.2, 0.25) is 0 Å². The van der Waals surface area contributed by atoms with Crippen LogP contribution in [0.15, 0.2) is 15.2 Å². The van der Waals surface area contributed by atoms with Crippen molar-refractivity contribution in [3.05, 3.63) is 0 Å². The summed E-state index contributed by atoms with van der Waals surface area (Å²) in [5.74, 6) is 0. The highest BCUT2D eigenvalue weighted by molar-refractivity contribution is 6.30. The third kappa shape index (κ3) is 1.76.